The molecule has 1 atom stereocenters. The number of benzene rings is 3. The second-order valence-corrected chi connectivity index (χ2v) is 10.1. The molecule has 3 aromatic carbocycles. The fourth-order valence-corrected chi connectivity index (χ4v) is 8.75. The standard InChI is InChI=1S/C21H21O2P/c1-18-17-22-24(23-18,19-11-5-2-6-12-19,20-13-7-3-8-14-20)21-15-9-4-10-16-21/h2-16,18H,17H2,1H3/t18-/m0/s1. The molecule has 122 valence electrons. The first kappa shape index (κ1) is 15.5. The van der Waals surface area contributed by atoms with E-state index < -0.39 is 7.06 Å². The van der Waals surface area contributed by atoms with Gasteiger partial charge in [0.25, 0.3) is 0 Å². The molecular weight excluding hydrogens is 315 g/mol. The molecule has 0 bridgehead atoms. The summed E-state index contributed by atoms with van der Waals surface area (Å²) in [4.78, 5) is 0. The van der Waals surface area contributed by atoms with Gasteiger partial charge in [-0.15, -0.1) is 0 Å². The van der Waals surface area contributed by atoms with Gasteiger partial charge in [-0.2, -0.15) is 0 Å². The topological polar surface area (TPSA) is 18.5 Å². The molecular formula is C21H21O2P. The van der Waals surface area contributed by atoms with E-state index in [0.717, 1.165) is 15.9 Å². The number of hydrogen-bond donors (Lipinski definition) is 0. The molecule has 3 heteroatoms. The Bertz CT molecular complexity index is 719. The molecule has 0 unspecified atom stereocenters. The molecule has 0 aliphatic carbocycles. The molecule has 1 aliphatic rings. The fourth-order valence-electron chi connectivity index (χ4n) is 3.60. The molecule has 0 amide bonds. The minimum absolute atomic E-state index is 0.0447. The Morgan fingerprint density at radius 3 is 1.33 bits per heavy atom. The predicted octanol–water partition coefficient (Wildman–Crippen LogP) is 3.78. The molecule has 0 radical (unpaired) electrons. The summed E-state index contributed by atoms with van der Waals surface area (Å²) in [6.45, 7) is 2.68. The van der Waals surface area contributed by atoms with Crippen molar-refractivity contribution in [2.24, 2.45) is 0 Å². The fraction of sp³-hybridized carbons (Fsp3) is 0.143. The third-order valence-corrected chi connectivity index (χ3v) is 9.72. The Morgan fingerprint density at radius 2 is 1.04 bits per heavy atom. The van der Waals surface area contributed by atoms with E-state index in [9.17, 15) is 0 Å². The second kappa shape index (κ2) is 5.82. The number of rotatable bonds is 3. The molecule has 0 spiro atoms. The molecule has 1 aliphatic heterocycles. The summed E-state index contributed by atoms with van der Waals surface area (Å²) in [6, 6.07) is 31.3. The monoisotopic (exact) mass is 336 g/mol. The van der Waals surface area contributed by atoms with Gasteiger partial charge in [0.05, 0.1) is 0 Å². The quantitative estimate of drug-likeness (QED) is 0.678. The van der Waals surface area contributed by atoms with Crippen LogP contribution in [0.25, 0.3) is 0 Å². The van der Waals surface area contributed by atoms with Crippen molar-refractivity contribution in [2.75, 3.05) is 6.61 Å². The zero-order valence-electron chi connectivity index (χ0n) is 13.7. The Balaban J connectivity index is 2.13. The summed E-state index contributed by atoms with van der Waals surface area (Å²) in [7, 11) is -3.38. The van der Waals surface area contributed by atoms with Crippen molar-refractivity contribution in [2.45, 2.75) is 13.0 Å². The van der Waals surface area contributed by atoms with Gasteiger partial charge >= 0.3 is 143 Å². The van der Waals surface area contributed by atoms with Gasteiger partial charge < -0.3 is 0 Å². The van der Waals surface area contributed by atoms with E-state index in [2.05, 4.69) is 79.7 Å². The molecule has 2 nitrogen and oxygen atoms in total. The van der Waals surface area contributed by atoms with Crippen molar-refractivity contribution in [3.63, 3.8) is 0 Å². The van der Waals surface area contributed by atoms with E-state index >= 15 is 0 Å². The van der Waals surface area contributed by atoms with E-state index in [1.165, 1.54) is 0 Å². The Labute approximate surface area is 143 Å². The van der Waals surface area contributed by atoms with Crippen LogP contribution in [-0.4, -0.2) is 12.7 Å². The summed E-state index contributed by atoms with van der Waals surface area (Å²) in [5, 5.41) is 3.35. The van der Waals surface area contributed by atoms with Crippen LogP contribution in [0.4, 0.5) is 0 Å². The molecule has 0 aromatic heterocycles. The van der Waals surface area contributed by atoms with Crippen LogP contribution in [0.1, 0.15) is 6.92 Å². The summed E-state index contributed by atoms with van der Waals surface area (Å²) < 4.78 is 13.5. The third kappa shape index (κ3) is 2.08. The van der Waals surface area contributed by atoms with Crippen LogP contribution in [-0.2, 0) is 9.05 Å². The third-order valence-electron chi connectivity index (χ3n) is 4.61. The van der Waals surface area contributed by atoms with Crippen molar-refractivity contribution in [1.29, 1.82) is 0 Å². The maximum absolute atomic E-state index is 6.80. The SMILES string of the molecule is C[C@H]1COP(c2ccccc2)(c2ccccc2)(c2ccccc2)O1. The van der Waals surface area contributed by atoms with E-state index in [4.69, 9.17) is 9.05 Å². The van der Waals surface area contributed by atoms with Gasteiger partial charge in [-0.1, -0.05) is 0 Å². The zero-order valence-corrected chi connectivity index (χ0v) is 14.6. The molecule has 4 rings (SSSR count). The molecule has 0 saturated carbocycles. The minimum atomic E-state index is -3.38. The summed E-state index contributed by atoms with van der Waals surface area (Å²) >= 11 is 0. The van der Waals surface area contributed by atoms with Gasteiger partial charge in [-0.05, 0) is 0 Å². The Kier molecular flexibility index (Phi) is 3.77. The van der Waals surface area contributed by atoms with Crippen molar-refractivity contribution in [1.82, 2.24) is 0 Å². The van der Waals surface area contributed by atoms with Crippen LogP contribution in [0, 0.1) is 0 Å². The Morgan fingerprint density at radius 1 is 0.667 bits per heavy atom. The van der Waals surface area contributed by atoms with Crippen molar-refractivity contribution < 1.29 is 9.05 Å². The van der Waals surface area contributed by atoms with Crippen LogP contribution in [0.5, 0.6) is 0 Å². The van der Waals surface area contributed by atoms with Gasteiger partial charge in [0.15, 0.2) is 0 Å². The van der Waals surface area contributed by atoms with E-state index in [0.29, 0.717) is 6.61 Å². The summed E-state index contributed by atoms with van der Waals surface area (Å²) in [5.74, 6) is 0. The molecule has 1 heterocycles. The van der Waals surface area contributed by atoms with E-state index in [1.54, 1.807) is 0 Å². The molecule has 24 heavy (non-hydrogen) atoms. The first-order valence-corrected chi connectivity index (χ1v) is 10.3. The first-order chi connectivity index (χ1) is 11.8. The molecule has 1 fully saturated rings. The van der Waals surface area contributed by atoms with Gasteiger partial charge in [-0.25, -0.2) is 0 Å². The number of hydrogen-bond acceptors (Lipinski definition) is 2. The average molecular weight is 336 g/mol. The van der Waals surface area contributed by atoms with Crippen LogP contribution >= 0.6 is 7.06 Å². The molecule has 0 N–H and O–H groups in total. The van der Waals surface area contributed by atoms with Gasteiger partial charge in [0.1, 0.15) is 0 Å². The van der Waals surface area contributed by atoms with Crippen molar-refractivity contribution >= 4 is 23.0 Å². The predicted molar refractivity (Wildman–Crippen MR) is 102 cm³/mol. The van der Waals surface area contributed by atoms with E-state index in [1.807, 2.05) is 18.2 Å². The van der Waals surface area contributed by atoms with Gasteiger partial charge in [0.2, 0.25) is 0 Å². The van der Waals surface area contributed by atoms with E-state index in [-0.39, 0.29) is 6.10 Å². The van der Waals surface area contributed by atoms with Gasteiger partial charge in [0, 0.05) is 0 Å². The maximum atomic E-state index is 6.80. The molecule has 3 aromatic rings. The van der Waals surface area contributed by atoms with Crippen molar-refractivity contribution in [3.05, 3.63) is 91.0 Å². The molecule has 1 saturated heterocycles. The second-order valence-electron chi connectivity index (χ2n) is 6.18. The first-order valence-electron chi connectivity index (χ1n) is 8.28. The van der Waals surface area contributed by atoms with Crippen LogP contribution in [0.3, 0.4) is 0 Å². The normalized spacial score (nSPS) is 23.2. The summed E-state index contributed by atoms with van der Waals surface area (Å²) in [6.07, 6.45) is 0.0447. The zero-order chi connectivity index (χ0) is 16.5. The average Bonchev–Trinajstić information content (AvgIpc) is 3.04. The summed E-state index contributed by atoms with van der Waals surface area (Å²) in [5.41, 5.74) is 0. The van der Waals surface area contributed by atoms with Crippen molar-refractivity contribution in [3.8, 4) is 0 Å². The van der Waals surface area contributed by atoms with Gasteiger partial charge in [-0.3, -0.25) is 0 Å². The Hall–Kier alpha value is -1.99. The van der Waals surface area contributed by atoms with Crippen LogP contribution in [0.15, 0.2) is 91.0 Å². The van der Waals surface area contributed by atoms with Crippen LogP contribution < -0.4 is 15.9 Å². The van der Waals surface area contributed by atoms with Crippen LogP contribution in [0.2, 0.25) is 0 Å².